The van der Waals surface area contributed by atoms with Gasteiger partial charge < -0.3 is 4.74 Å². The van der Waals surface area contributed by atoms with Gasteiger partial charge >= 0.3 is 0 Å². The fraction of sp³-hybridized carbons (Fsp3) is 0.0238. The molecule has 7 rings (SSSR count). The molecule has 0 saturated carbocycles. The molecule has 0 atom stereocenters. The van der Waals surface area contributed by atoms with Gasteiger partial charge in [0.15, 0.2) is 0 Å². The van der Waals surface area contributed by atoms with E-state index in [1.165, 1.54) is 11.1 Å². The summed E-state index contributed by atoms with van der Waals surface area (Å²) >= 11 is 0. The van der Waals surface area contributed by atoms with Gasteiger partial charge in [0.1, 0.15) is 5.75 Å². The minimum Gasteiger partial charge on any atom is -0.495 e. The van der Waals surface area contributed by atoms with Gasteiger partial charge in [-0.2, -0.15) is 4.57 Å². The van der Waals surface area contributed by atoms with Crippen LogP contribution in [0.15, 0.2) is 176 Å². The summed E-state index contributed by atoms with van der Waals surface area (Å²) in [6.45, 7) is 0. The van der Waals surface area contributed by atoms with Gasteiger partial charge in [0.2, 0.25) is 17.1 Å². The second-order valence-electron chi connectivity index (χ2n) is 10.8. The Balaban J connectivity index is 1.61. The highest BCUT2D eigenvalue weighted by atomic mass is 16.5. The lowest BCUT2D eigenvalue weighted by molar-refractivity contribution is -0.572. The minimum absolute atomic E-state index is 0.857. The van der Waals surface area contributed by atoms with Gasteiger partial charge in [0, 0.05) is 46.5 Å². The highest BCUT2D eigenvalue weighted by molar-refractivity contribution is 5.85. The first kappa shape index (κ1) is 27.1. The smallest absolute Gasteiger partial charge is 0.219 e. The van der Waals surface area contributed by atoms with Crippen molar-refractivity contribution in [3.63, 3.8) is 0 Å². The zero-order valence-corrected chi connectivity index (χ0v) is 24.6. The first-order chi connectivity index (χ1) is 21.8. The maximum atomic E-state index is 6.17. The van der Waals surface area contributed by atoms with Crippen molar-refractivity contribution < 1.29 is 9.30 Å². The van der Waals surface area contributed by atoms with E-state index in [0.717, 1.165) is 56.2 Å². The molecular formula is C42H32NO+. The zero-order valence-electron chi connectivity index (χ0n) is 24.6. The molecule has 2 heteroatoms. The Labute approximate surface area is 259 Å². The van der Waals surface area contributed by atoms with Gasteiger partial charge in [-0.1, -0.05) is 127 Å². The Morgan fingerprint density at radius 2 is 0.705 bits per heavy atom. The van der Waals surface area contributed by atoms with E-state index in [2.05, 4.69) is 180 Å². The maximum absolute atomic E-state index is 6.17. The maximum Gasteiger partial charge on any atom is 0.219 e. The molecule has 210 valence electrons. The molecule has 0 fully saturated rings. The summed E-state index contributed by atoms with van der Waals surface area (Å²) in [5.41, 5.74) is 12.2. The molecule has 0 amide bonds. The molecule has 0 aliphatic rings. The van der Waals surface area contributed by atoms with E-state index < -0.39 is 0 Å². The first-order valence-electron chi connectivity index (χ1n) is 14.9. The summed E-state index contributed by atoms with van der Waals surface area (Å²) in [6.07, 6.45) is 0. The Morgan fingerprint density at radius 3 is 1.07 bits per heavy atom. The molecule has 0 unspecified atom stereocenters. The van der Waals surface area contributed by atoms with Crippen LogP contribution < -0.4 is 9.30 Å². The van der Waals surface area contributed by atoms with Gasteiger partial charge in [0.05, 0.1) is 7.11 Å². The predicted molar refractivity (Wildman–Crippen MR) is 182 cm³/mol. The van der Waals surface area contributed by atoms with Crippen LogP contribution >= 0.6 is 0 Å². The molecule has 0 radical (unpaired) electrons. The van der Waals surface area contributed by atoms with Crippen LogP contribution in [0, 0.1) is 0 Å². The number of methoxy groups -OCH3 is 1. The Morgan fingerprint density at radius 1 is 0.364 bits per heavy atom. The second kappa shape index (κ2) is 12.2. The monoisotopic (exact) mass is 566 g/mol. The summed E-state index contributed by atoms with van der Waals surface area (Å²) in [7, 11) is 1.76. The third-order valence-corrected chi connectivity index (χ3v) is 8.02. The summed E-state index contributed by atoms with van der Waals surface area (Å²) in [6, 6.07) is 62.1. The lowest BCUT2D eigenvalue weighted by atomic mass is 9.94. The van der Waals surface area contributed by atoms with E-state index >= 15 is 0 Å². The van der Waals surface area contributed by atoms with Crippen molar-refractivity contribution >= 4 is 0 Å². The number of ether oxygens (including phenoxy) is 1. The molecule has 0 aliphatic heterocycles. The molecule has 0 N–H and O–H groups in total. The van der Waals surface area contributed by atoms with Crippen LogP contribution in [-0.4, -0.2) is 7.11 Å². The molecular weight excluding hydrogens is 534 g/mol. The van der Waals surface area contributed by atoms with E-state index in [9.17, 15) is 0 Å². The average Bonchev–Trinajstić information content (AvgIpc) is 3.12. The molecule has 0 saturated heterocycles. The lowest BCUT2D eigenvalue weighted by Crippen LogP contribution is -2.36. The number of aromatic nitrogens is 1. The number of hydrogen-bond donors (Lipinski definition) is 0. The molecule has 44 heavy (non-hydrogen) atoms. The average molecular weight is 567 g/mol. The van der Waals surface area contributed by atoms with Gasteiger partial charge in [-0.3, -0.25) is 0 Å². The van der Waals surface area contributed by atoms with Crippen molar-refractivity contribution in [2.24, 2.45) is 0 Å². The Bertz CT molecular complexity index is 1880. The third kappa shape index (κ3) is 5.30. The van der Waals surface area contributed by atoms with Crippen molar-refractivity contribution in [1.29, 1.82) is 0 Å². The Hall–Kier alpha value is -5.73. The van der Waals surface area contributed by atoms with Crippen molar-refractivity contribution in [2.75, 3.05) is 7.11 Å². The van der Waals surface area contributed by atoms with Crippen molar-refractivity contribution in [2.45, 2.75) is 0 Å². The standard InChI is InChI=1S/C42H32NO/c1-44-42-38(32-19-9-3-10-20-32)29-37(30-39(42)33-21-11-4-12-22-33)43-40(34-23-13-5-14-24-34)27-36(31-17-7-2-8-18-31)28-41(43)35-25-15-6-16-26-35/h2-30H,1H3/q+1. The van der Waals surface area contributed by atoms with E-state index in [1.807, 2.05) is 0 Å². The quantitative estimate of drug-likeness (QED) is 0.175. The highest BCUT2D eigenvalue weighted by Gasteiger charge is 2.28. The number of pyridine rings is 1. The minimum atomic E-state index is 0.857. The van der Waals surface area contributed by atoms with Gasteiger partial charge in [-0.05, 0) is 46.5 Å². The number of rotatable bonds is 7. The fourth-order valence-corrected chi connectivity index (χ4v) is 5.94. The number of nitrogens with zero attached hydrogens (tertiary/aromatic N) is 1. The van der Waals surface area contributed by atoms with Gasteiger partial charge in [-0.15, -0.1) is 0 Å². The van der Waals surface area contributed by atoms with Crippen LogP contribution in [0.2, 0.25) is 0 Å². The van der Waals surface area contributed by atoms with Crippen LogP contribution in [-0.2, 0) is 0 Å². The predicted octanol–water partition coefficient (Wildman–Crippen LogP) is 10.3. The van der Waals surface area contributed by atoms with Gasteiger partial charge in [0.25, 0.3) is 0 Å². The van der Waals surface area contributed by atoms with E-state index in [-0.39, 0.29) is 0 Å². The van der Waals surface area contributed by atoms with Crippen LogP contribution in [0.25, 0.3) is 61.6 Å². The van der Waals surface area contributed by atoms with Crippen molar-refractivity contribution in [3.05, 3.63) is 176 Å². The van der Waals surface area contributed by atoms with E-state index in [0.29, 0.717) is 0 Å². The van der Waals surface area contributed by atoms with Crippen LogP contribution in [0.3, 0.4) is 0 Å². The largest absolute Gasteiger partial charge is 0.495 e. The molecule has 0 spiro atoms. The topological polar surface area (TPSA) is 13.1 Å². The Kier molecular flexibility index (Phi) is 7.55. The fourth-order valence-electron chi connectivity index (χ4n) is 5.94. The highest BCUT2D eigenvalue weighted by Crippen LogP contribution is 2.41. The molecule has 7 aromatic rings. The second-order valence-corrected chi connectivity index (χ2v) is 10.8. The van der Waals surface area contributed by atoms with Crippen LogP contribution in [0.4, 0.5) is 0 Å². The molecule has 0 aliphatic carbocycles. The summed E-state index contributed by atoms with van der Waals surface area (Å²) in [4.78, 5) is 0. The summed E-state index contributed by atoms with van der Waals surface area (Å²) in [5, 5.41) is 0. The summed E-state index contributed by atoms with van der Waals surface area (Å²) in [5.74, 6) is 0.857. The third-order valence-electron chi connectivity index (χ3n) is 8.02. The molecule has 1 aromatic heterocycles. The van der Waals surface area contributed by atoms with Crippen molar-refractivity contribution in [3.8, 4) is 67.3 Å². The van der Waals surface area contributed by atoms with Crippen LogP contribution in [0.5, 0.6) is 5.75 Å². The van der Waals surface area contributed by atoms with Crippen LogP contribution in [0.1, 0.15) is 0 Å². The normalized spacial score (nSPS) is 10.8. The zero-order chi connectivity index (χ0) is 29.7. The van der Waals surface area contributed by atoms with E-state index in [4.69, 9.17) is 4.74 Å². The number of benzene rings is 6. The SMILES string of the molecule is COc1c(-c2ccccc2)cc(-[n+]2c(-c3ccccc3)cc(-c3ccccc3)cc2-c2ccccc2)cc1-c1ccccc1. The lowest BCUT2D eigenvalue weighted by Gasteiger charge is -2.17. The molecule has 6 aromatic carbocycles. The van der Waals surface area contributed by atoms with Gasteiger partial charge in [-0.25, -0.2) is 0 Å². The molecule has 2 nitrogen and oxygen atoms in total. The first-order valence-corrected chi connectivity index (χ1v) is 14.9. The molecule has 0 bridgehead atoms. The summed E-state index contributed by atoms with van der Waals surface area (Å²) < 4.78 is 8.57. The van der Waals surface area contributed by atoms with E-state index in [1.54, 1.807) is 7.11 Å². The number of hydrogen-bond acceptors (Lipinski definition) is 1. The van der Waals surface area contributed by atoms with Crippen molar-refractivity contribution in [1.82, 2.24) is 0 Å². The molecule has 1 heterocycles.